The highest BCUT2D eigenvalue weighted by atomic mass is 16.2. The van der Waals surface area contributed by atoms with E-state index in [0.29, 0.717) is 5.91 Å². The Hall–Kier alpha value is -1.35. The van der Waals surface area contributed by atoms with Crippen LogP contribution in [0.4, 0.5) is 0 Å². The zero-order chi connectivity index (χ0) is 13.7. The van der Waals surface area contributed by atoms with Gasteiger partial charge in [0.1, 0.15) is 0 Å². The fourth-order valence-corrected chi connectivity index (χ4v) is 2.83. The molecular formula is C16H24N2O. The lowest BCUT2D eigenvalue weighted by Crippen LogP contribution is -2.43. The Balaban J connectivity index is 1.92. The van der Waals surface area contributed by atoms with Gasteiger partial charge in [-0.25, -0.2) is 0 Å². The smallest absolute Gasteiger partial charge is 0.229 e. The zero-order valence-corrected chi connectivity index (χ0v) is 12.0. The van der Waals surface area contributed by atoms with Gasteiger partial charge < -0.3 is 10.2 Å². The van der Waals surface area contributed by atoms with Gasteiger partial charge in [0.25, 0.3) is 0 Å². The van der Waals surface area contributed by atoms with E-state index in [-0.39, 0.29) is 5.41 Å². The van der Waals surface area contributed by atoms with Crippen LogP contribution in [0.5, 0.6) is 0 Å². The van der Waals surface area contributed by atoms with Crippen molar-refractivity contribution in [3.05, 3.63) is 35.9 Å². The molecule has 1 aromatic carbocycles. The predicted octanol–water partition coefficient (Wildman–Crippen LogP) is 2.08. The van der Waals surface area contributed by atoms with E-state index < -0.39 is 0 Å². The molecule has 2 rings (SSSR count). The fraction of sp³-hybridized carbons (Fsp3) is 0.562. The molecule has 104 valence electrons. The number of carbonyl (C=O) groups excluding carboxylic acids is 1. The van der Waals surface area contributed by atoms with Crippen molar-refractivity contribution >= 4 is 5.91 Å². The summed E-state index contributed by atoms with van der Waals surface area (Å²) in [5, 5.41) is 3.33. The molecule has 3 nitrogen and oxygen atoms in total. The van der Waals surface area contributed by atoms with Crippen molar-refractivity contribution in [2.75, 3.05) is 26.7 Å². The molecule has 1 unspecified atom stereocenters. The van der Waals surface area contributed by atoms with Crippen LogP contribution in [0.2, 0.25) is 0 Å². The first-order valence-electron chi connectivity index (χ1n) is 7.18. The second-order valence-electron chi connectivity index (χ2n) is 5.52. The van der Waals surface area contributed by atoms with Crippen LogP contribution < -0.4 is 5.32 Å². The van der Waals surface area contributed by atoms with Crippen LogP contribution in [0.15, 0.2) is 30.3 Å². The second-order valence-corrected chi connectivity index (χ2v) is 5.52. The van der Waals surface area contributed by atoms with Crippen molar-refractivity contribution < 1.29 is 4.79 Å². The number of nitrogens with zero attached hydrogens (tertiary/aromatic N) is 1. The monoisotopic (exact) mass is 260 g/mol. The van der Waals surface area contributed by atoms with Crippen molar-refractivity contribution in [3.8, 4) is 0 Å². The van der Waals surface area contributed by atoms with Crippen LogP contribution >= 0.6 is 0 Å². The molecule has 1 atom stereocenters. The number of rotatable bonds is 5. The quantitative estimate of drug-likeness (QED) is 0.879. The first-order chi connectivity index (χ1) is 9.18. The summed E-state index contributed by atoms with van der Waals surface area (Å²) < 4.78 is 0. The second kappa shape index (κ2) is 6.20. The van der Waals surface area contributed by atoms with Crippen molar-refractivity contribution in [1.29, 1.82) is 0 Å². The van der Waals surface area contributed by atoms with Gasteiger partial charge in [0.2, 0.25) is 5.91 Å². The molecule has 19 heavy (non-hydrogen) atoms. The van der Waals surface area contributed by atoms with Gasteiger partial charge in [0, 0.05) is 20.1 Å². The predicted molar refractivity (Wildman–Crippen MR) is 78.0 cm³/mol. The number of carbonyl (C=O) groups is 1. The number of hydrogen-bond donors (Lipinski definition) is 1. The average Bonchev–Trinajstić information content (AvgIpc) is 2.95. The van der Waals surface area contributed by atoms with E-state index in [2.05, 4.69) is 24.4 Å². The first-order valence-corrected chi connectivity index (χ1v) is 7.18. The van der Waals surface area contributed by atoms with Crippen molar-refractivity contribution in [2.45, 2.75) is 26.2 Å². The van der Waals surface area contributed by atoms with Crippen LogP contribution in [0.25, 0.3) is 0 Å². The molecule has 1 saturated heterocycles. The van der Waals surface area contributed by atoms with Gasteiger partial charge in [-0.15, -0.1) is 0 Å². The molecule has 1 amide bonds. The summed E-state index contributed by atoms with van der Waals surface area (Å²) in [7, 11) is 1.93. The summed E-state index contributed by atoms with van der Waals surface area (Å²) in [5.74, 6) is 0.302. The SMILES string of the molecule is CCC1(C(=O)N(C)CCc2ccccc2)CCNC1. The minimum absolute atomic E-state index is 0.161. The van der Waals surface area contributed by atoms with Crippen molar-refractivity contribution in [3.63, 3.8) is 0 Å². The van der Waals surface area contributed by atoms with E-state index in [1.165, 1.54) is 5.56 Å². The molecule has 0 saturated carbocycles. The number of nitrogens with one attached hydrogen (secondary N) is 1. The molecule has 0 spiro atoms. The Labute approximate surface area is 116 Å². The van der Waals surface area contributed by atoms with Gasteiger partial charge in [-0.05, 0) is 31.4 Å². The van der Waals surface area contributed by atoms with Crippen molar-refractivity contribution in [1.82, 2.24) is 10.2 Å². The Morgan fingerprint density at radius 3 is 2.68 bits per heavy atom. The maximum atomic E-state index is 12.6. The molecule has 1 N–H and O–H groups in total. The summed E-state index contributed by atoms with van der Waals surface area (Å²) in [6.45, 7) is 4.71. The van der Waals surface area contributed by atoms with Crippen LogP contribution in [0.3, 0.4) is 0 Å². The molecule has 0 radical (unpaired) electrons. The number of hydrogen-bond acceptors (Lipinski definition) is 2. The average molecular weight is 260 g/mol. The molecule has 0 aromatic heterocycles. The van der Waals surface area contributed by atoms with Gasteiger partial charge in [-0.3, -0.25) is 4.79 Å². The van der Waals surface area contributed by atoms with Gasteiger partial charge >= 0.3 is 0 Å². The van der Waals surface area contributed by atoms with Gasteiger partial charge in [0.15, 0.2) is 0 Å². The minimum Gasteiger partial charge on any atom is -0.345 e. The van der Waals surface area contributed by atoms with Gasteiger partial charge in [0.05, 0.1) is 5.41 Å². The normalized spacial score (nSPS) is 22.4. The first kappa shape index (κ1) is 14.1. The third-order valence-corrected chi connectivity index (χ3v) is 4.30. The molecule has 1 aliphatic heterocycles. The maximum absolute atomic E-state index is 12.6. The van der Waals surface area contributed by atoms with E-state index in [4.69, 9.17) is 0 Å². The standard InChI is InChI=1S/C16H24N2O/c1-3-16(10-11-17-13-16)15(19)18(2)12-9-14-7-5-4-6-8-14/h4-8,17H,3,9-13H2,1-2H3. The van der Waals surface area contributed by atoms with Crippen LogP contribution in [0.1, 0.15) is 25.3 Å². The molecular weight excluding hydrogens is 236 g/mol. The summed E-state index contributed by atoms with van der Waals surface area (Å²) in [6.07, 6.45) is 2.82. The summed E-state index contributed by atoms with van der Waals surface area (Å²) in [4.78, 5) is 14.5. The fourth-order valence-electron chi connectivity index (χ4n) is 2.83. The molecule has 1 fully saturated rings. The highest BCUT2D eigenvalue weighted by Crippen LogP contribution is 2.31. The van der Waals surface area contributed by atoms with Crippen LogP contribution in [0, 0.1) is 5.41 Å². The lowest BCUT2D eigenvalue weighted by Gasteiger charge is -2.31. The Morgan fingerprint density at radius 1 is 1.37 bits per heavy atom. The Morgan fingerprint density at radius 2 is 2.11 bits per heavy atom. The van der Waals surface area contributed by atoms with Gasteiger partial charge in [-0.2, -0.15) is 0 Å². The van der Waals surface area contributed by atoms with Crippen LogP contribution in [-0.2, 0) is 11.2 Å². The third kappa shape index (κ3) is 3.16. The zero-order valence-electron chi connectivity index (χ0n) is 12.0. The lowest BCUT2D eigenvalue weighted by atomic mass is 9.83. The highest BCUT2D eigenvalue weighted by molar-refractivity contribution is 5.83. The molecule has 1 aromatic rings. The third-order valence-electron chi connectivity index (χ3n) is 4.30. The van der Waals surface area contributed by atoms with E-state index in [9.17, 15) is 4.79 Å². The molecule has 3 heteroatoms. The van der Waals surface area contributed by atoms with Gasteiger partial charge in [-0.1, -0.05) is 37.3 Å². The largest absolute Gasteiger partial charge is 0.345 e. The van der Waals surface area contributed by atoms with E-state index in [1.54, 1.807) is 0 Å². The van der Waals surface area contributed by atoms with E-state index >= 15 is 0 Å². The minimum atomic E-state index is -0.161. The highest BCUT2D eigenvalue weighted by Gasteiger charge is 2.40. The van der Waals surface area contributed by atoms with Crippen LogP contribution in [-0.4, -0.2) is 37.5 Å². The molecule has 1 aliphatic rings. The summed E-state index contributed by atoms with van der Waals surface area (Å²) in [6, 6.07) is 10.3. The molecule has 1 heterocycles. The number of benzene rings is 1. The maximum Gasteiger partial charge on any atom is 0.229 e. The lowest BCUT2D eigenvalue weighted by molar-refractivity contribution is -0.139. The Bertz CT molecular complexity index is 410. The van der Waals surface area contributed by atoms with E-state index in [0.717, 1.165) is 38.9 Å². The van der Waals surface area contributed by atoms with E-state index in [1.807, 2.05) is 30.1 Å². The van der Waals surface area contributed by atoms with Crippen molar-refractivity contribution in [2.24, 2.45) is 5.41 Å². The molecule has 0 aliphatic carbocycles. The topological polar surface area (TPSA) is 32.3 Å². The Kier molecular flexibility index (Phi) is 4.59. The summed E-state index contributed by atoms with van der Waals surface area (Å²) in [5.41, 5.74) is 1.13. The number of likely N-dealkylation sites (N-methyl/N-ethyl adjacent to an activating group) is 1. The molecule has 0 bridgehead atoms. The summed E-state index contributed by atoms with van der Waals surface area (Å²) >= 11 is 0. The number of amides is 1.